The van der Waals surface area contributed by atoms with Gasteiger partial charge in [-0.15, -0.1) is 0 Å². The average molecular weight is 285 g/mol. The summed E-state index contributed by atoms with van der Waals surface area (Å²) in [7, 11) is 0. The molecule has 1 unspecified atom stereocenters. The minimum atomic E-state index is -0.770. The van der Waals surface area contributed by atoms with Gasteiger partial charge in [0.2, 0.25) is 5.91 Å². The van der Waals surface area contributed by atoms with Crippen molar-refractivity contribution < 1.29 is 10.0 Å². The summed E-state index contributed by atoms with van der Waals surface area (Å²) in [6.07, 6.45) is 5.04. The second-order valence-corrected chi connectivity index (χ2v) is 7.19. The van der Waals surface area contributed by atoms with Crippen molar-refractivity contribution in [2.24, 2.45) is 22.2 Å². The van der Waals surface area contributed by atoms with Gasteiger partial charge in [-0.25, -0.2) is 0 Å². The molecule has 108 valence electrons. The Labute approximate surface area is 118 Å². The van der Waals surface area contributed by atoms with Crippen LogP contribution in [0.2, 0.25) is 0 Å². The third kappa shape index (κ3) is 2.99. The fraction of sp³-hybridized carbons (Fsp3) is 0.846. The zero-order valence-electron chi connectivity index (χ0n) is 11.4. The lowest BCUT2D eigenvalue weighted by atomic mass is 9.61. The normalized spacial score (nSPS) is 35.5. The van der Waals surface area contributed by atoms with Gasteiger partial charge in [0.1, 0.15) is 5.41 Å². The number of amidine groups is 1. The average Bonchev–Trinajstić information content (AvgIpc) is 2.41. The summed E-state index contributed by atoms with van der Waals surface area (Å²) in [6, 6.07) is 0. The van der Waals surface area contributed by atoms with E-state index >= 15 is 0 Å². The molecule has 1 saturated carbocycles. The first-order chi connectivity index (χ1) is 9.08. The van der Waals surface area contributed by atoms with Gasteiger partial charge in [-0.2, -0.15) is 11.8 Å². The summed E-state index contributed by atoms with van der Waals surface area (Å²) in [6.45, 7) is 2.77. The molecule has 0 aromatic carbocycles. The van der Waals surface area contributed by atoms with Crippen LogP contribution >= 0.6 is 11.8 Å². The van der Waals surface area contributed by atoms with Crippen LogP contribution in [0.4, 0.5) is 0 Å². The lowest BCUT2D eigenvalue weighted by molar-refractivity contribution is -0.133. The molecule has 0 aromatic rings. The van der Waals surface area contributed by atoms with Gasteiger partial charge in [0.25, 0.3) is 0 Å². The summed E-state index contributed by atoms with van der Waals surface area (Å²) < 4.78 is 0. The molecule has 4 N–H and O–H groups in total. The number of carbonyl (C=O) groups excluding carboxylic acids is 1. The van der Waals surface area contributed by atoms with Crippen LogP contribution in [0.25, 0.3) is 0 Å². The van der Waals surface area contributed by atoms with Crippen molar-refractivity contribution in [2.75, 3.05) is 12.3 Å². The molecule has 2 rings (SSSR count). The maximum absolute atomic E-state index is 12.3. The Balaban J connectivity index is 1.90. The number of amides is 1. The van der Waals surface area contributed by atoms with Crippen LogP contribution in [-0.4, -0.2) is 34.5 Å². The molecule has 5 nitrogen and oxygen atoms in total. The van der Waals surface area contributed by atoms with E-state index in [4.69, 9.17) is 10.9 Å². The molecule has 2 fully saturated rings. The van der Waals surface area contributed by atoms with Gasteiger partial charge in [0, 0.05) is 11.8 Å². The first-order valence-electron chi connectivity index (χ1n) is 6.96. The molecular weight excluding hydrogens is 262 g/mol. The molecule has 0 bridgehead atoms. The first kappa shape index (κ1) is 14.5. The van der Waals surface area contributed by atoms with Crippen LogP contribution in [0.1, 0.15) is 39.0 Å². The number of thioether (sulfide) groups is 1. The van der Waals surface area contributed by atoms with Crippen LogP contribution < -0.4 is 11.1 Å². The molecule has 2 aliphatic rings. The predicted octanol–water partition coefficient (Wildman–Crippen LogP) is 1.55. The van der Waals surface area contributed by atoms with Crippen molar-refractivity contribution >= 4 is 23.5 Å². The van der Waals surface area contributed by atoms with E-state index in [0.29, 0.717) is 30.6 Å². The largest absolute Gasteiger partial charge is 0.409 e. The van der Waals surface area contributed by atoms with Gasteiger partial charge in [-0.05, 0) is 37.4 Å². The highest BCUT2D eigenvalue weighted by Gasteiger charge is 2.52. The minimum Gasteiger partial charge on any atom is -0.409 e. The Bertz CT molecular complexity index is 361. The molecular formula is C13H23N3O2S. The van der Waals surface area contributed by atoms with Crippen molar-refractivity contribution in [1.82, 2.24) is 5.32 Å². The summed E-state index contributed by atoms with van der Waals surface area (Å²) >= 11 is 1.93. The molecule has 1 saturated heterocycles. The van der Waals surface area contributed by atoms with Crippen molar-refractivity contribution in [1.29, 1.82) is 0 Å². The summed E-state index contributed by atoms with van der Waals surface area (Å²) in [4.78, 5) is 12.3. The zero-order chi connectivity index (χ0) is 13.9. The van der Waals surface area contributed by atoms with E-state index in [1.807, 2.05) is 11.8 Å². The van der Waals surface area contributed by atoms with Gasteiger partial charge in [0.15, 0.2) is 5.84 Å². The zero-order valence-corrected chi connectivity index (χ0v) is 12.2. The summed E-state index contributed by atoms with van der Waals surface area (Å²) in [5.74, 6) is 1.62. The van der Waals surface area contributed by atoms with Crippen LogP contribution in [-0.2, 0) is 4.79 Å². The van der Waals surface area contributed by atoms with E-state index in [1.165, 1.54) is 18.6 Å². The quantitative estimate of drug-likeness (QED) is 0.316. The van der Waals surface area contributed by atoms with Crippen LogP contribution in [0.5, 0.6) is 0 Å². The SMILES string of the molecule is CC1CC(C(=O)NCC2CCCCS2)(C(N)=NO)C1. The Morgan fingerprint density at radius 2 is 2.26 bits per heavy atom. The molecule has 1 atom stereocenters. The molecule has 0 spiro atoms. The molecule has 1 amide bonds. The second kappa shape index (κ2) is 6.03. The number of oxime groups is 1. The molecule has 0 radical (unpaired) electrons. The number of rotatable bonds is 4. The Kier molecular flexibility index (Phi) is 4.60. The lowest BCUT2D eigenvalue weighted by Crippen LogP contribution is -2.57. The smallest absolute Gasteiger partial charge is 0.234 e. The van der Waals surface area contributed by atoms with Gasteiger partial charge in [-0.3, -0.25) is 4.79 Å². The van der Waals surface area contributed by atoms with E-state index in [2.05, 4.69) is 17.4 Å². The van der Waals surface area contributed by atoms with Crippen LogP contribution in [0.3, 0.4) is 0 Å². The van der Waals surface area contributed by atoms with E-state index in [0.717, 1.165) is 6.42 Å². The number of nitrogens with one attached hydrogen (secondary N) is 1. The Morgan fingerprint density at radius 1 is 1.53 bits per heavy atom. The minimum absolute atomic E-state index is 0.0550. The predicted molar refractivity (Wildman–Crippen MR) is 77.3 cm³/mol. The number of carbonyl (C=O) groups is 1. The maximum atomic E-state index is 12.3. The molecule has 6 heteroatoms. The number of hydrogen-bond acceptors (Lipinski definition) is 4. The lowest BCUT2D eigenvalue weighted by Gasteiger charge is -2.43. The molecule has 19 heavy (non-hydrogen) atoms. The van der Waals surface area contributed by atoms with Gasteiger partial charge in [-0.1, -0.05) is 18.5 Å². The summed E-state index contributed by atoms with van der Waals surface area (Å²) in [5, 5.41) is 15.4. The van der Waals surface area contributed by atoms with E-state index < -0.39 is 5.41 Å². The van der Waals surface area contributed by atoms with Crippen molar-refractivity contribution in [3.63, 3.8) is 0 Å². The third-order valence-corrected chi connectivity index (χ3v) is 5.59. The van der Waals surface area contributed by atoms with Crippen molar-refractivity contribution in [3.8, 4) is 0 Å². The van der Waals surface area contributed by atoms with Gasteiger partial charge >= 0.3 is 0 Å². The molecule has 1 aliphatic carbocycles. The highest BCUT2D eigenvalue weighted by atomic mass is 32.2. The van der Waals surface area contributed by atoms with Crippen molar-refractivity contribution in [3.05, 3.63) is 0 Å². The Hall–Kier alpha value is -0.910. The first-order valence-corrected chi connectivity index (χ1v) is 8.01. The van der Waals surface area contributed by atoms with Crippen molar-refractivity contribution in [2.45, 2.75) is 44.3 Å². The molecule has 0 aromatic heterocycles. The Morgan fingerprint density at radius 3 is 2.79 bits per heavy atom. The number of nitrogens with zero attached hydrogens (tertiary/aromatic N) is 1. The van der Waals surface area contributed by atoms with Gasteiger partial charge < -0.3 is 16.3 Å². The number of nitrogens with two attached hydrogens (primary N) is 1. The summed E-state index contributed by atoms with van der Waals surface area (Å²) in [5.41, 5.74) is 4.95. The standard InChI is InChI=1S/C13H23N3O2S/c1-9-6-13(7-9,11(14)16-18)12(17)15-8-10-4-2-3-5-19-10/h9-10,18H,2-8H2,1H3,(H2,14,16)(H,15,17). The highest BCUT2D eigenvalue weighted by molar-refractivity contribution is 7.99. The highest BCUT2D eigenvalue weighted by Crippen LogP contribution is 2.45. The molecule has 1 aliphatic heterocycles. The fourth-order valence-electron chi connectivity index (χ4n) is 3.08. The maximum Gasteiger partial charge on any atom is 0.234 e. The van der Waals surface area contributed by atoms with E-state index in [1.54, 1.807) is 0 Å². The van der Waals surface area contributed by atoms with Crippen LogP contribution in [0.15, 0.2) is 5.16 Å². The third-order valence-electron chi connectivity index (χ3n) is 4.19. The van der Waals surface area contributed by atoms with E-state index in [-0.39, 0.29) is 11.7 Å². The second-order valence-electron chi connectivity index (χ2n) is 5.78. The number of hydrogen-bond donors (Lipinski definition) is 3. The van der Waals surface area contributed by atoms with E-state index in [9.17, 15) is 4.79 Å². The monoisotopic (exact) mass is 285 g/mol. The molecule has 1 heterocycles. The van der Waals surface area contributed by atoms with Crippen LogP contribution in [0, 0.1) is 11.3 Å². The fourth-order valence-corrected chi connectivity index (χ4v) is 4.32. The topological polar surface area (TPSA) is 87.7 Å². The van der Waals surface area contributed by atoms with Gasteiger partial charge in [0.05, 0.1) is 0 Å².